The quantitative estimate of drug-likeness (QED) is 0.200. The third-order valence-corrected chi connectivity index (χ3v) is 1.09. The van der Waals surface area contributed by atoms with Crippen LogP contribution < -0.4 is 16.0 Å². The topological polar surface area (TPSA) is 89.3 Å². The molecule has 0 bridgehead atoms. The summed E-state index contributed by atoms with van der Waals surface area (Å²) in [5, 5.41) is 15.5. The third kappa shape index (κ3) is 4.11. The zero-order chi connectivity index (χ0) is 9.40. The van der Waals surface area contributed by atoms with Gasteiger partial charge in [0, 0.05) is 14.1 Å². The molecule has 0 aliphatic heterocycles. The van der Waals surface area contributed by atoms with Crippen LogP contribution in [0, 0.1) is 11.5 Å². The summed E-state index contributed by atoms with van der Waals surface area (Å²) in [6.07, 6.45) is 1.69. The maximum atomic E-state index is 10.7. The molecule has 0 aromatic rings. The van der Waals surface area contributed by atoms with E-state index in [1.807, 2.05) is 0 Å². The molecule has 0 saturated heterocycles. The molecule has 6 heteroatoms. The molecule has 0 aliphatic rings. The number of nitriles is 1. The SMILES string of the molecule is CN=C(NC#N)NCC(=O)NC. The Hall–Kier alpha value is -1.77. The van der Waals surface area contributed by atoms with Gasteiger partial charge in [0.25, 0.3) is 0 Å². The fourth-order valence-electron chi connectivity index (χ4n) is 0.484. The van der Waals surface area contributed by atoms with Crippen LogP contribution in [0.15, 0.2) is 4.99 Å². The Morgan fingerprint density at radius 1 is 1.67 bits per heavy atom. The molecule has 0 radical (unpaired) electrons. The van der Waals surface area contributed by atoms with Crippen molar-refractivity contribution in [2.75, 3.05) is 20.6 Å². The Labute approximate surface area is 70.7 Å². The highest BCUT2D eigenvalue weighted by molar-refractivity contribution is 5.86. The normalized spacial score (nSPS) is 9.92. The summed E-state index contributed by atoms with van der Waals surface area (Å²) in [5.74, 6) is 0.108. The number of rotatable bonds is 2. The monoisotopic (exact) mass is 169 g/mol. The molecule has 6 nitrogen and oxygen atoms in total. The molecule has 1 amide bonds. The van der Waals surface area contributed by atoms with Crippen molar-refractivity contribution in [2.45, 2.75) is 0 Å². The number of carbonyl (C=O) groups excluding carboxylic acids is 1. The average Bonchev–Trinajstić information content (AvgIpc) is 2.11. The highest BCUT2D eigenvalue weighted by Crippen LogP contribution is 1.65. The Morgan fingerprint density at radius 2 is 2.33 bits per heavy atom. The van der Waals surface area contributed by atoms with Crippen LogP contribution in [0.4, 0.5) is 0 Å². The molecular weight excluding hydrogens is 158 g/mol. The van der Waals surface area contributed by atoms with E-state index in [4.69, 9.17) is 5.26 Å². The van der Waals surface area contributed by atoms with Gasteiger partial charge in [0.2, 0.25) is 11.9 Å². The minimum atomic E-state index is -0.170. The van der Waals surface area contributed by atoms with E-state index in [2.05, 4.69) is 20.9 Å². The molecule has 0 fully saturated rings. The van der Waals surface area contributed by atoms with E-state index >= 15 is 0 Å². The van der Waals surface area contributed by atoms with Gasteiger partial charge in [-0.25, -0.2) is 0 Å². The Bertz CT molecular complexity index is 216. The summed E-state index contributed by atoms with van der Waals surface area (Å²) in [7, 11) is 3.04. The smallest absolute Gasteiger partial charge is 0.239 e. The zero-order valence-corrected chi connectivity index (χ0v) is 7.01. The maximum Gasteiger partial charge on any atom is 0.239 e. The highest BCUT2D eigenvalue weighted by Gasteiger charge is 1.98. The van der Waals surface area contributed by atoms with E-state index in [0.717, 1.165) is 0 Å². The molecule has 0 aromatic heterocycles. The van der Waals surface area contributed by atoms with Gasteiger partial charge in [0.15, 0.2) is 6.19 Å². The molecule has 0 saturated carbocycles. The van der Waals surface area contributed by atoms with E-state index in [1.165, 1.54) is 14.1 Å². The van der Waals surface area contributed by atoms with Crippen molar-refractivity contribution < 1.29 is 4.79 Å². The fraction of sp³-hybridized carbons (Fsp3) is 0.500. The molecule has 12 heavy (non-hydrogen) atoms. The first-order valence-corrected chi connectivity index (χ1v) is 3.31. The van der Waals surface area contributed by atoms with Gasteiger partial charge in [-0.2, -0.15) is 5.26 Å². The molecule has 66 valence electrons. The van der Waals surface area contributed by atoms with Crippen molar-refractivity contribution in [3.8, 4) is 6.19 Å². The lowest BCUT2D eigenvalue weighted by Crippen LogP contribution is -2.40. The second-order valence-corrected chi connectivity index (χ2v) is 1.84. The lowest BCUT2D eigenvalue weighted by atomic mass is 10.6. The number of aliphatic imine (C=N–C) groups is 1. The number of hydrogen-bond acceptors (Lipinski definition) is 3. The lowest BCUT2D eigenvalue weighted by molar-refractivity contribution is -0.119. The molecule has 0 aromatic carbocycles. The molecule has 3 N–H and O–H groups in total. The number of amides is 1. The standard InChI is InChI=1S/C6H11N5O/c1-8-5(12)3-10-6(9-2)11-4-7/h3H2,1-2H3,(H,8,12)(H2,9,10,11). The number of nitrogens with one attached hydrogen (secondary N) is 3. The fourth-order valence-corrected chi connectivity index (χ4v) is 0.484. The largest absolute Gasteiger partial charge is 0.358 e. The Kier molecular flexibility index (Phi) is 5.09. The molecule has 0 rings (SSSR count). The van der Waals surface area contributed by atoms with Gasteiger partial charge >= 0.3 is 0 Å². The number of likely N-dealkylation sites (N-methyl/N-ethyl adjacent to an activating group) is 1. The summed E-state index contributed by atoms with van der Waals surface area (Å²) in [4.78, 5) is 14.4. The minimum Gasteiger partial charge on any atom is -0.358 e. The molecule has 0 unspecified atom stereocenters. The van der Waals surface area contributed by atoms with Crippen LogP contribution in [-0.4, -0.2) is 32.5 Å². The van der Waals surface area contributed by atoms with Gasteiger partial charge in [0.05, 0.1) is 6.54 Å². The van der Waals surface area contributed by atoms with Crippen LogP contribution in [0.1, 0.15) is 0 Å². The van der Waals surface area contributed by atoms with Crippen LogP contribution in [-0.2, 0) is 4.79 Å². The van der Waals surface area contributed by atoms with E-state index < -0.39 is 0 Å². The first-order chi connectivity index (χ1) is 5.74. The van der Waals surface area contributed by atoms with Crippen molar-refractivity contribution in [1.82, 2.24) is 16.0 Å². The lowest BCUT2D eigenvalue weighted by Gasteiger charge is -2.04. The number of nitrogens with zero attached hydrogens (tertiary/aromatic N) is 2. The van der Waals surface area contributed by atoms with Crippen LogP contribution in [0.25, 0.3) is 0 Å². The number of carbonyl (C=O) groups is 1. The molecule has 0 aliphatic carbocycles. The van der Waals surface area contributed by atoms with Gasteiger partial charge in [-0.1, -0.05) is 0 Å². The summed E-state index contributed by atoms with van der Waals surface area (Å²) in [6.45, 7) is 0.0951. The van der Waals surface area contributed by atoms with Crippen LogP contribution in [0.2, 0.25) is 0 Å². The molecule has 0 heterocycles. The van der Waals surface area contributed by atoms with Gasteiger partial charge in [-0.15, -0.1) is 0 Å². The highest BCUT2D eigenvalue weighted by atomic mass is 16.1. The van der Waals surface area contributed by atoms with Crippen molar-refractivity contribution in [1.29, 1.82) is 5.26 Å². The van der Waals surface area contributed by atoms with E-state index in [1.54, 1.807) is 6.19 Å². The number of hydrogen-bond donors (Lipinski definition) is 3. The second-order valence-electron chi connectivity index (χ2n) is 1.84. The van der Waals surface area contributed by atoms with Crippen molar-refractivity contribution in [3.63, 3.8) is 0 Å². The van der Waals surface area contributed by atoms with E-state index in [0.29, 0.717) is 0 Å². The summed E-state index contributed by atoms with van der Waals surface area (Å²) < 4.78 is 0. The van der Waals surface area contributed by atoms with Crippen LogP contribution >= 0.6 is 0 Å². The number of guanidine groups is 1. The predicted molar refractivity (Wildman–Crippen MR) is 44.2 cm³/mol. The predicted octanol–water partition coefficient (Wildman–Crippen LogP) is -1.62. The van der Waals surface area contributed by atoms with Crippen molar-refractivity contribution in [2.24, 2.45) is 4.99 Å². The van der Waals surface area contributed by atoms with E-state index in [9.17, 15) is 4.79 Å². The van der Waals surface area contributed by atoms with Crippen molar-refractivity contribution in [3.05, 3.63) is 0 Å². The zero-order valence-electron chi connectivity index (χ0n) is 7.01. The summed E-state index contributed by atoms with van der Waals surface area (Å²) in [6, 6.07) is 0. The van der Waals surface area contributed by atoms with Gasteiger partial charge < -0.3 is 10.6 Å². The van der Waals surface area contributed by atoms with Crippen molar-refractivity contribution >= 4 is 11.9 Å². The average molecular weight is 169 g/mol. The minimum absolute atomic E-state index is 0.0951. The first-order valence-electron chi connectivity index (χ1n) is 3.31. The molecule has 0 atom stereocenters. The summed E-state index contributed by atoms with van der Waals surface area (Å²) in [5.41, 5.74) is 0. The molecular formula is C6H11N5O. The van der Waals surface area contributed by atoms with Crippen LogP contribution in [0.3, 0.4) is 0 Å². The Balaban J connectivity index is 3.76. The Morgan fingerprint density at radius 3 is 2.75 bits per heavy atom. The van der Waals surface area contributed by atoms with Gasteiger partial charge in [0.1, 0.15) is 0 Å². The third-order valence-electron chi connectivity index (χ3n) is 1.09. The second kappa shape index (κ2) is 5.97. The van der Waals surface area contributed by atoms with E-state index in [-0.39, 0.29) is 18.4 Å². The van der Waals surface area contributed by atoms with Gasteiger partial charge in [-0.05, 0) is 0 Å². The maximum absolute atomic E-state index is 10.7. The first kappa shape index (κ1) is 10.2. The molecule has 0 spiro atoms. The summed E-state index contributed by atoms with van der Waals surface area (Å²) >= 11 is 0. The van der Waals surface area contributed by atoms with Crippen LogP contribution in [0.5, 0.6) is 0 Å². The van der Waals surface area contributed by atoms with Gasteiger partial charge in [-0.3, -0.25) is 15.1 Å².